The highest BCUT2D eigenvalue weighted by Gasteiger charge is 2.24. The second-order valence-electron chi connectivity index (χ2n) is 3.36. The summed E-state index contributed by atoms with van der Waals surface area (Å²) in [7, 11) is 0. The lowest BCUT2D eigenvalue weighted by atomic mass is 9.95. The van der Waals surface area contributed by atoms with Gasteiger partial charge < -0.3 is 9.47 Å². The minimum absolute atomic E-state index is 0.0298. The van der Waals surface area contributed by atoms with E-state index in [9.17, 15) is 9.59 Å². The van der Waals surface area contributed by atoms with E-state index in [0.717, 1.165) is 12.8 Å². The Morgan fingerprint density at radius 1 is 1.07 bits per heavy atom. The Kier molecular flexibility index (Phi) is 4.20. The minimum atomic E-state index is -0.763. The van der Waals surface area contributed by atoms with Gasteiger partial charge in [0.05, 0.1) is 0 Å². The highest BCUT2D eigenvalue weighted by atomic mass is 35.5. The number of carbonyl (C=O) groups is 2. The highest BCUT2D eigenvalue weighted by Crippen LogP contribution is 2.24. The van der Waals surface area contributed by atoms with Crippen molar-refractivity contribution >= 4 is 23.0 Å². The van der Waals surface area contributed by atoms with Crippen molar-refractivity contribution in [3.05, 3.63) is 0 Å². The monoisotopic (exact) mass is 220 g/mol. The molecule has 14 heavy (non-hydrogen) atoms. The van der Waals surface area contributed by atoms with E-state index in [4.69, 9.17) is 21.1 Å². The molecule has 0 spiro atoms. The van der Waals surface area contributed by atoms with Crippen molar-refractivity contribution in [2.24, 2.45) is 0 Å². The first-order chi connectivity index (χ1) is 6.58. The van der Waals surface area contributed by atoms with Crippen molar-refractivity contribution in [2.75, 3.05) is 0 Å². The maximum atomic E-state index is 10.6. The van der Waals surface area contributed by atoms with E-state index in [0.29, 0.717) is 12.8 Å². The normalized spacial score (nSPS) is 26.7. The number of hydrogen-bond acceptors (Lipinski definition) is 4. The quantitative estimate of drug-likeness (QED) is 0.529. The molecule has 80 valence electrons. The Bertz CT molecular complexity index is 197. The van der Waals surface area contributed by atoms with Gasteiger partial charge in [-0.3, -0.25) is 4.79 Å². The van der Waals surface area contributed by atoms with E-state index < -0.39 is 5.43 Å². The molecular weight excluding hydrogens is 208 g/mol. The lowest BCUT2D eigenvalue weighted by Gasteiger charge is -2.26. The van der Waals surface area contributed by atoms with Gasteiger partial charge in [0.2, 0.25) is 0 Å². The van der Waals surface area contributed by atoms with Crippen LogP contribution in [0.5, 0.6) is 0 Å². The zero-order chi connectivity index (χ0) is 10.6. The number of esters is 1. The summed E-state index contributed by atoms with van der Waals surface area (Å²) in [4.78, 5) is 21.1. The van der Waals surface area contributed by atoms with E-state index >= 15 is 0 Å². The molecule has 1 rings (SSSR count). The fraction of sp³-hybridized carbons (Fsp3) is 0.778. The van der Waals surface area contributed by atoms with Crippen molar-refractivity contribution in [1.29, 1.82) is 0 Å². The maximum absolute atomic E-state index is 10.6. The molecule has 0 aromatic rings. The first kappa shape index (κ1) is 11.3. The molecule has 5 heteroatoms. The molecule has 1 aliphatic rings. The summed E-state index contributed by atoms with van der Waals surface area (Å²) < 4.78 is 9.86. The Morgan fingerprint density at radius 3 is 1.86 bits per heavy atom. The third-order valence-corrected chi connectivity index (χ3v) is 2.30. The first-order valence-corrected chi connectivity index (χ1v) is 4.99. The molecule has 0 aromatic heterocycles. The zero-order valence-corrected chi connectivity index (χ0v) is 8.75. The molecule has 1 aliphatic carbocycles. The van der Waals surface area contributed by atoms with Gasteiger partial charge in [-0.05, 0) is 25.7 Å². The Balaban J connectivity index is 2.24. The van der Waals surface area contributed by atoms with Crippen molar-refractivity contribution < 1.29 is 19.1 Å². The topological polar surface area (TPSA) is 52.6 Å². The molecule has 0 saturated heterocycles. The molecule has 0 N–H and O–H groups in total. The van der Waals surface area contributed by atoms with Crippen LogP contribution in [0, 0.1) is 0 Å². The Hall–Kier alpha value is -0.770. The number of carbonyl (C=O) groups excluding carboxylic acids is 2. The molecule has 0 radical (unpaired) electrons. The van der Waals surface area contributed by atoms with Gasteiger partial charge in [-0.1, -0.05) is 0 Å². The van der Waals surface area contributed by atoms with Crippen LogP contribution in [0.2, 0.25) is 0 Å². The standard InChI is InChI=1S/C9H13ClO4/c1-6(11)13-7-2-4-8(5-3-7)14-9(10)12/h7-8H,2-5H2,1H3. The van der Waals surface area contributed by atoms with E-state index in [2.05, 4.69) is 0 Å². The number of ether oxygens (including phenoxy) is 2. The van der Waals surface area contributed by atoms with Crippen LogP contribution >= 0.6 is 11.6 Å². The Morgan fingerprint density at radius 2 is 1.50 bits per heavy atom. The van der Waals surface area contributed by atoms with E-state index in [1.807, 2.05) is 0 Å². The summed E-state index contributed by atoms with van der Waals surface area (Å²) in [5.74, 6) is -0.261. The van der Waals surface area contributed by atoms with Gasteiger partial charge in [0.15, 0.2) is 0 Å². The predicted molar refractivity (Wildman–Crippen MR) is 50.1 cm³/mol. The van der Waals surface area contributed by atoms with Gasteiger partial charge in [-0.25, -0.2) is 4.79 Å². The minimum Gasteiger partial charge on any atom is -0.463 e. The molecule has 0 bridgehead atoms. The van der Waals surface area contributed by atoms with Crippen LogP contribution in [0.4, 0.5) is 4.79 Å². The van der Waals surface area contributed by atoms with E-state index in [1.54, 1.807) is 0 Å². The van der Waals surface area contributed by atoms with Gasteiger partial charge in [-0.2, -0.15) is 0 Å². The fourth-order valence-corrected chi connectivity index (χ4v) is 1.76. The van der Waals surface area contributed by atoms with Crippen LogP contribution in [-0.4, -0.2) is 23.6 Å². The first-order valence-electron chi connectivity index (χ1n) is 4.61. The van der Waals surface area contributed by atoms with Gasteiger partial charge in [0.1, 0.15) is 12.2 Å². The highest BCUT2D eigenvalue weighted by molar-refractivity contribution is 6.61. The summed E-state index contributed by atoms with van der Waals surface area (Å²) in [5.41, 5.74) is -0.763. The molecule has 1 saturated carbocycles. The van der Waals surface area contributed by atoms with Crippen LogP contribution < -0.4 is 0 Å². The van der Waals surface area contributed by atoms with Gasteiger partial charge >= 0.3 is 11.4 Å². The smallest absolute Gasteiger partial charge is 0.404 e. The molecule has 0 amide bonds. The molecule has 0 unspecified atom stereocenters. The zero-order valence-electron chi connectivity index (χ0n) is 7.99. The second kappa shape index (κ2) is 5.20. The van der Waals surface area contributed by atoms with Crippen LogP contribution in [0.1, 0.15) is 32.6 Å². The summed E-state index contributed by atoms with van der Waals surface area (Å²) in [6, 6.07) is 0. The molecule has 4 nitrogen and oxygen atoms in total. The van der Waals surface area contributed by atoms with Crippen molar-refractivity contribution in [1.82, 2.24) is 0 Å². The second-order valence-corrected chi connectivity index (χ2v) is 3.67. The fourth-order valence-electron chi connectivity index (χ4n) is 1.63. The largest absolute Gasteiger partial charge is 0.463 e. The number of hydrogen-bond donors (Lipinski definition) is 0. The van der Waals surface area contributed by atoms with E-state index in [-0.39, 0.29) is 18.2 Å². The SMILES string of the molecule is CC(=O)OC1CCC(OC(=O)Cl)CC1. The van der Waals surface area contributed by atoms with Crippen molar-refractivity contribution in [3.8, 4) is 0 Å². The summed E-state index contributed by atoms with van der Waals surface area (Å²) >= 11 is 5.09. The van der Waals surface area contributed by atoms with Crippen molar-refractivity contribution in [2.45, 2.75) is 44.8 Å². The average Bonchev–Trinajstić information content (AvgIpc) is 2.06. The molecule has 0 aromatic carbocycles. The average molecular weight is 221 g/mol. The van der Waals surface area contributed by atoms with Gasteiger partial charge in [0.25, 0.3) is 0 Å². The van der Waals surface area contributed by atoms with Crippen LogP contribution in [0.3, 0.4) is 0 Å². The predicted octanol–water partition coefficient (Wildman–Crippen LogP) is 2.24. The summed E-state index contributed by atoms with van der Waals surface area (Å²) in [6.45, 7) is 1.39. The number of rotatable bonds is 2. The molecular formula is C9H13ClO4. The molecule has 0 aliphatic heterocycles. The molecule has 1 fully saturated rings. The third-order valence-electron chi connectivity index (χ3n) is 2.21. The molecule has 0 heterocycles. The lowest BCUT2D eigenvalue weighted by Crippen LogP contribution is -2.28. The van der Waals surface area contributed by atoms with Gasteiger partial charge in [0, 0.05) is 18.5 Å². The van der Waals surface area contributed by atoms with Crippen LogP contribution in [0.15, 0.2) is 0 Å². The maximum Gasteiger partial charge on any atom is 0.404 e. The third kappa shape index (κ3) is 3.96. The molecule has 0 atom stereocenters. The Labute approximate surface area is 87.5 Å². The lowest BCUT2D eigenvalue weighted by molar-refractivity contribution is -0.148. The van der Waals surface area contributed by atoms with Crippen LogP contribution in [-0.2, 0) is 14.3 Å². The van der Waals surface area contributed by atoms with E-state index in [1.165, 1.54) is 6.92 Å². The number of halogens is 1. The van der Waals surface area contributed by atoms with Gasteiger partial charge in [-0.15, -0.1) is 0 Å². The van der Waals surface area contributed by atoms with Crippen LogP contribution in [0.25, 0.3) is 0 Å². The summed E-state index contributed by atoms with van der Waals surface area (Å²) in [5, 5.41) is 0. The van der Waals surface area contributed by atoms with Crippen molar-refractivity contribution in [3.63, 3.8) is 0 Å². The summed E-state index contributed by atoms with van der Waals surface area (Å²) in [6.07, 6.45) is 2.72.